The van der Waals surface area contributed by atoms with Gasteiger partial charge in [0.2, 0.25) is 5.91 Å². The second kappa shape index (κ2) is 8.22. The number of thiazole rings is 1. The van der Waals surface area contributed by atoms with Gasteiger partial charge in [-0.15, -0.1) is 11.3 Å². The van der Waals surface area contributed by atoms with E-state index in [1.54, 1.807) is 41.9 Å². The SMILES string of the molecule is Cc1ccc(/C=C/C(=O)Nc2ccc(C(=O)Nc3nccs3)cc2)cc1. The van der Waals surface area contributed by atoms with Gasteiger partial charge in [-0.05, 0) is 42.8 Å². The van der Waals surface area contributed by atoms with Crippen molar-refractivity contribution in [1.29, 1.82) is 0 Å². The van der Waals surface area contributed by atoms with Gasteiger partial charge in [-0.2, -0.15) is 0 Å². The molecule has 130 valence electrons. The van der Waals surface area contributed by atoms with Crippen LogP contribution in [0, 0.1) is 6.92 Å². The smallest absolute Gasteiger partial charge is 0.257 e. The third-order valence-electron chi connectivity index (χ3n) is 3.57. The average molecular weight is 363 g/mol. The molecule has 5 nitrogen and oxygen atoms in total. The molecule has 0 radical (unpaired) electrons. The van der Waals surface area contributed by atoms with Crippen molar-refractivity contribution in [3.8, 4) is 0 Å². The second-order valence-corrected chi connectivity index (χ2v) is 6.50. The first-order valence-electron chi connectivity index (χ1n) is 7.97. The van der Waals surface area contributed by atoms with E-state index in [1.165, 1.54) is 23.0 Å². The summed E-state index contributed by atoms with van der Waals surface area (Å²) in [7, 11) is 0. The van der Waals surface area contributed by atoms with E-state index in [2.05, 4.69) is 15.6 Å². The second-order valence-electron chi connectivity index (χ2n) is 5.60. The Morgan fingerprint density at radius 1 is 1.00 bits per heavy atom. The van der Waals surface area contributed by atoms with Crippen molar-refractivity contribution < 1.29 is 9.59 Å². The van der Waals surface area contributed by atoms with Crippen molar-refractivity contribution in [2.45, 2.75) is 6.92 Å². The van der Waals surface area contributed by atoms with Crippen molar-refractivity contribution in [2.75, 3.05) is 10.6 Å². The highest BCUT2D eigenvalue weighted by Gasteiger charge is 2.07. The number of aromatic nitrogens is 1. The molecule has 3 aromatic rings. The Kier molecular flexibility index (Phi) is 5.56. The number of nitrogens with one attached hydrogen (secondary N) is 2. The van der Waals surface area contributed by atoms with Gasteiger partial charge in [-0.3, -0.25) is 14.9 Å². The summed E-state index contributed by atoms with van der Waals surface area (Å²) in [6.07, 6.45) is 4.86. The minimum absolute atomic E-state index is 0.231. The van der Waals surface area contributed by atoms with Gasteiger partial charge in [0.25, 0.3) is 5.91 Å². The zero-order chi connectivity index (χ0) is 18.4. The molecule has 0 aliphatic carbocycles. The van der Waals surface area contributed by atoms with E-state index in [0.717, 1.165) is 5.56 Å². The summed E-state index contributed by atoms with van der Waals surface area (Å²) in [6.45, 7) is 2.01. The molecule has 0 unspecified atom stereocenters. The van der Waals surface area contributed by atoms with Gasteiger partial charge >= 0.3 is 0 Å². The fourth-order valence-corrected chi connectivity index (χ4v) is 2.72. The van der Waals surface area contributed by atoms with E-state index in [4.69, 9.17) is 0 Å². The molecule has 3 rings (SSSR count). The first-order valence-corrected chi connectivity index (χ1v) is 8.85. The number of amides is 2. The van der Waals surface area contributed by atoms with Crippen LogP contribution in [0.25, 0.3) is 6.08 Å². The van der Waals surface area contributed by atoms with Crippen molar-refractivity contribution in [3.05, 3.63) is 82.9 Å². The van der Waals surface area contributed by atoms with E-state index in [9.17, 15) is 9.59 Å². The Morgan fingerprint density at radius 3 is 2.38 bits per heavy atom. The van der Waals surface area contributed by atoms with Crippen LogP contribution >= 0.6 is 11.3 Å². The Bertz CT molecular complexity index is 915. The molecule has 0 aliphatic rings. The summed E-state index contributed by atoms with van der Waals surface area (Å²) in [5, 5.41) is 7.82. The minimum Gasteiger partial charge on any atom is -0.323 e. The number of benzene rings is 2. The molecule has 0 fully saturated rings. The van der Waals surface area contributed by atoms with Crippen LogP contribution in [0.5, 0.6) is 0 Å². The molecule has 2 amide bonds. The zero-order valence-corrected chi connectivity index (χ0v) is 14.9. The van der Waals surface area contributed by atoms with Crippen LogP contribution in [0.2, 0.25) is 0 Å². The Balaban J connectivity index is 1.57. The fraction of sp³-hybridized carbons (Fsp3) is 0.0500. The topological polar surface area (TPSA) is 71.1 Å². The lowest BCUT2D eigenvalue weighted by Gasteiger charge is -2.05. The first-order chi connectivity index (χ1) is 12.6. The number of carbonyl (C=O) groups excluding carboxylic acids is 2. The van der Waals surface area contributed by atoms with Gasteiger partial charge in [0, 0.05) is 28.9 Å². The van der Waals surface area contributed by atoms with Gasteiger partial charge in [-0.25, -0.2) is 4.98 Å². The maximum atomic E-state index is 12.1. The summed E-state index contributed by atoms with van der Waals surface area (Å²) in [5.74, 6) is -0.470. The Hall–Kier alpha value is -3.25. The average Bonchev–Trinajstić information content (AvgIpc) is 3.15. The van der Waals surface area contributed by atoms with Crippen molar-refractivity contribution in [2.24, 2.45) is 0 Å². The molecule has 0 saturated heterocycles. The third-order valence-corrected chi connectivity index (χ3v) is 4.26. The van der Waals surface area contributed by atoms with Gasteiger partial charge in [0.15, 0.2) is 5.13 Å². The van der Waals surface area contributed by atoms with Crippen molar-refractivity contribution in [1.82, 2.24) is 4.98 Å². The quantitative estimate of drug-likeness (QED) is 0.662. The van der Waals surface area contributed by atoms with Crippen LogP contribution < -0.4 is 10.6 Å². The van der Waals surface area contributed by atoms with Crippen LogP contribution in [0.15, 0.2) is 66.2 Å². The molecule has 0 aliphatic heterocycles. The number of aryl methyl sites for hydroxylation is 1. The maximum absolute atomic E-state index is 12.1. The summed E-state index contributed by atoms with van der Waals surface area (Å²) < 4.78 is 0. The van der Waals surface area contributed by atoms with E-state index in [0.29, 0.717) is 16.4 Å². The molecule has 0 bridgehead atoms. The number of hydrogen-bond acceptors (Lipinski definition) is 4. The number of anilines is 2. The largest absolute Gasteiger partial charge is 0.323 e. The Labute approximate surface area is 155 Å². The molecular weight excluding hydrogens is 346 g/mol. The molecule has 26 heavy (non-hydrogen) atoms. The fourth-order valence-electron chi connectivity index (χ4n) is 2.19. The highest BCUT2D eigenvalue weighted by molar-refractivity contribution is 7.13. The van der Waals surface area contributed by atoms with Gasteiger partial charge in [0.05, 0.1) is 0 Å². The van der Waals surface area contributed by atoms with Crippen LogP contribution in [0.1, 0.15) is 21.5 Å². The Morgan fingerprint density at radius 2 is 1.73 bits per heavy atom. The summed E-state index contributed by atoms with van der Waals surface area (Å²) in [6, 6.07) is 14.6. The lowest BCUT2D eigenvalue weighted by Crippen LogP contribution is -2.12. The van der Waals surface area contributed by atoms with E-state index >= 15 is 0 Å². The molecular formula is C20H17N3O2S. The standard InChI is InChI=1S/C20H17N3O2S/c1-14-2-4-15(5-3-14)6-11-18(24)22-17-9-7-16(8-10-17)19(25)23-20-21-12-13-26-20/h2-13H,1H3,(H,22,24)(H,21,23,25)/b11-6+. The zero-order valence-electron chi connectivity index (χ0n) is 14.1. The first kappa shape index (κ1) is 17.6. The number of hydrogen-bond donors (Lipinski definition) is 2. The van der Waals surface area contributed by atoms with E-state index < -0.39 is 0 Å². The van der Waals surface area contributed by atoms with Crippen molar-refractivity contribution >= 4 is 40.0 Å². The normalized spacial score (nSPS) is 10.7. The highest BCUT2D eigenvalue weighted by Crippen LogP contribution is 2.14. The molecule has 1 aromatic heterocycles. The van der Waals surface area contributed by atoms with Crippen LogP contribution in [-0.2, 0) is 4.79 Å². The van der Waals surface area contributed by atoms with Crippen LogP contribution in [-0.4, -0.2) is 16.8 Å². The predicted octanol–water partition coefficient (Wildman–Crippen LogP) is 4.36. The van der Waals surface area contributed by atoms with E-state index in [-0.39, 0.29) is 11.8 Å². The van der Waals surface area contributed by atoms with Gasteiger partial charge < -0.3 is 5.32 Å². The predicted molar refractivity (Wildman–Crippen MR) is 105 cm³/mol. The summed E-state index contributed by atoms with van der Waals surface area (Å²) in [4.78, 5) is 28.1. The number of nitrogens with zero attached hydrogens (tertiary/aromatic N) is 1. The van der Waals surface area contributed by atoms with E-state index in [1.807, 2.05) is 31.2 Å². The number of rotatable bonds is 5. The third kappa shape index (κ3) is 4.87. The highest BCUT2D eigenvalue weighted by atomic mass is 32.1. The molecule has 0 spiro atoms. The number of carbonyl (C=O) groups is 2. The monoisotopic (exact) mass is 363 g/mol. The molecule has 6 heteroatoms. The van der Waals surface area contributed by atoms with Crippen LogP contribution in [0.4, 0.5) is 10.8 Å². The summed E-state index contributed by atoms with van der Waals surface area (Å²) >= 11 is 1.35. The molecule has 1 heterocycles. The van der Waals surface area contributed by atoms with Crippen molar-refractivity contribution in [3.63, 3.8) is 0 Å². The molecule has 2 N–H and O–H groups in total. The van der Waals surface area contributed by atoms with Gasteiger partial charge in [0.1, 0.15) is 0 Å². The summed E-state index contributed by atoms with van der Waals surface area (Å²) in [5.41, 5.74) is 3.24. The lowest BCUT2D eigenvalue weighted by atomic mass is 10.1. The maximum Gasteiger partial charge on any atom is 0.257 e. The molecule has 0 atom stereocenters. The lowest BCUT2D eigenvalue weighted by molar-refractivity contribution is -0.111. The van der Waals surface area contributed by atoms with Crippen LogP contribution in [0.3, 0.4) is 0 Å². The minimum atomic E-state index is -0.239. The van der Waals surface area contributed by atoms with Gasteiger partial charge in [-0.1, -0.05) is 29.8 Å². The molecule has 0 saturated carbocycles. The molecule has 2 aromatic carbocycles.